The standard InChI is InChI=1S/C25H26N2O4/c1-25(2)13-12-20-22(28)21(18-6-4-5-7-19(18)23(20)31-25)27-17-10-8-16(9-11-17)24(29)30-15-14-26-3/h4-11,26H,12-15H2,1-3H3/b27-21-. The lowest BCUT2D eigenvalue weighted by molar-refractivity contribution is -0.110. The molecule has 0 atom stereocenters. The highest BCUT2D eigenvalue weighted by molar-refractivity contribution is 6.54. The Morgan fingerprint density at radius 3 is 2.55 bits per heavy atom. The first-order valence-electron chi connectivity index (χ1n) is 10.5. The van der Waals surface area contributed by atoms with E-state index in [1.807, 2.05) is 38.1 Å². The van der Waals surface area contributed by atoms with Crippen LogP contribution >= 0.6 is 0 Å². The molecule has 1 aliphatic heterocycles. The topological polar surface area (TPSA) is 77.0 Å². The largest absolute Gasteiger partial charge is 0.487 e. The quantitative estimate of drug-likeness (QED) is 0.585. The Labute approximate surface area is 182 Å². The molecule has 0 spiro atoms. The monoisotopic (exact) mass is 418 g/mol. The fourth-order valence-corrected chi connectivity index (χ4v) is 3.76. The van der Waals surface area contributed by atoms with Crippen LogP contribution < -0.4 is 5.32 Å². The fraction of sp³-hybridized carbons (Fsp3) is 0.320. The van der Waals surface area contributed by atoms with Crippen molar-refractivity contribution in [3.8, 4) is 0 Å². The van der Waals surface area contributed by atoms with Gasteiger partial charge in [-0.25, -0.2) is 9.79 Å². The van der Waals surface area contributed by atoms with E-state index in [4.69, 9.17) is 9.47 Å². The average Bonchev–Trinajstić information content (AvgIpc) is 2.76. The first kappa shape index (κ1) is 21.0. The number of allylic oxidation sites excluding steroid dienone is 1. The number of benzene rings is 2. The predicted molar refractivity (Wildman–Crippen MR) is 120 cm³/mol. The molecule has 0 aromatic heterocycles. The molecule has 0 radical (unpaired) electrons. The third-order valence-electron chi connectivity index (χ3n) is 5.47. The van der Waals surface area contributed by atoms with E-state index in [1.54, 1.807) is 31.3 Å². The molecule has 2 aromatic rings. The highest BCUT2D eigenvalue weighted by Crippen LogP contribution is 2.41. The van der Waals surface area contributed by atoms with Crippen molar-refractivity contribution in [1.29, 1.82) is 0 Å². The van der Waals surface area contributed by atoms with Crippen LogP contribution in [0.2, 0.25) is 0 Å². The smallest absolute Gasteiger partial charge is 0.338 e. The van der Waals surface area contributed by atoms with Crippen LogP contribution in [-0.4, -0.2) is 43.3 Å². The molecule has 1 heterocycles. The maximum Gasteiger partial charge on any atom is 0.338 e. The summed E-state index contributed by atoms with van der Waals surface area (Å²) in [6.07, 6.45) is 1.43. The number of fused-ring (bicyclic) bond motifs is 2. The second-order valence-corrected chi connectivity index (χ2v) is 8.29. The van der Waals surface area contributed by atoms with E-state index < -0.39 is 0 Å². The molecule has 31 heavy (non-hydrogen) atoms. The molecule has 1 N–H and O–H groups in total. The van der Waals surface area contributed by atoms with Crippen LogP contribution in [0.1, 0.15) is 48.2 Å². The number of rotatable bonds is 5. The number of ether oxygens (including phenoxy) is 2. The Morgan fingerprint density at radius 1 is 1.13 bits per heavy atom. The van der Waals surface area contributed by atoms with Gasteiger partial charge in [-0.15, -0.1) is 0 Å². The van der Waals surface area contributed by atoms with Gasteiger partial charge >= 0.3 is 5.97 Å². The van der Waals surface area contributed by atoms with E-state index in [0.717, 1.165) is 17.5 Å². The molecule has 2 aliphatic rings. The van der Waals surface area contributed by atoms with Crippen molar-refractivity contribution in [2.75, 3.05) is 20.2 Å². The van der Waals surface area contributed by atoms with Crippen LogP contribution in [0.4, 0.5) is 5.69 Å². The Kier molecular flexibility index (Phi) is 5.74. The lowest BCUT2D eigenvalue weighted by Crippen LogP contribution is -2.34. The van der Waals surface area contributed by atoms with Crippen LogP contribution in [0, 0.1) is 0 Å². The fourth-order valence-electron chi connectivity index (χ4n) is 3.76. The first-order chi connectivity index (χ1) is 14.9. The number of likely N-dealkylation sites (N-methyl/N-ethyl adjacent to an activating group) is 1. The maximum absolute atomic E-state index is 13.3. The molecule has 0 fully saturated rings. The van der Waals surface area contributed by atoms with Gasteiger partial charge in [-0.1, -0.05) is 24.3 Å². The summed E-state index contributed by atoms with van der Waals surface area (Å²) in [5.41, 5.74) is 3.49. The highest BCUT2D eigenvalue weighted by atomic mass is 16.5. The number of nitrogens with zero attached hydrogens (tertiary/aromatic N) is 1. The summed E-state index contributed by atoms with van der Waals surface area (Å²) in [5.74, 6) is 0.195. The number of nitrogens with one attached hydrogen (secondary N) is 1. The molecular formula is C25H26N2O4. The van der Waals surface area contributed by atoms with Gasteiger partial charge in [-0.05, 0) is 58.0 Å². The minimum atomic E-state index is -0.384. The van der Waals surface area contributed by atoms with Crippen molar-refractivity contribution in [3.05, 3.63) is 70.8 Å². The van der Waals surface area contributed by atoms with Gasteiger partial charge in [-0.3, -0.25) is 4.79 Å². The van der Waals surface area contributed by atoms with Crippen molar-refractivity contribution < 1.29 is 19.1 Å². The van der Waals surface area contributed by atoms with Gasteiger partial charge in [0, 0.05) is 23.2 Å². The Hall–Kier alpha value is -3.25. The molecule has 1 aliphatic carbocycles. The van der Waals surface area contributed by atoms with Crippen LogP contribution in [0.15, 0.2) is 59.1 Å². The van der Waals surface area contributed by atoms with Crippen molar-refractivity contribution in [2.45, 2.75) is 32.3 Å². The number of hydrogen-bond acceptors (Lipinski definition) is 6. The van der Waals surface area contributed by atoms with Crippen molar-refractivity contribution in [2.24, 2.45) is 4.99 Å². The molecule has 0 bridgehead atoms. The van der Waals surface area contributed by atoms with Gasteiger partial charge in [0.25, 0.3) is 0 Å². The van der Waals surface area contributed by atoms with Crippen LogP contribution in [0.5, 0.6) is 0 Å². The van der Waals surface area contributed by atoms with Crippen LogP contribution in [0.3, 0.4) is 0 Å². The number of carbonyl (C=O) groups is 2. The van der Waals surface area contributed by atoms with Gasteiger partial charge in [0.05, 0.1) is 11.3 Å². The first-order valence-corrected chi connectivity index (χ1v) is 10.5. The summed E-state index contributed by atoms with van der Waals surface area (Å²) in [6, 6.07) is 14.5. The molecule has 0 unspecified atom stereocenters. The minimum Gasteiger partial charge on any atom is -0.487 e. The zero-order valence-electron chi connectivity index (χ0n) is 18.0. The van der Waals surface area contributed by atoms with Gasteiger partial charge in [0.1, 0.15) is 23.7 Å². The molecular weight excluding hydrogens is 392 g/mol. The lowest BCUT2D eigenvalue weighted by Gasteiger charge is -2.36. The third-order valence-corrected chi connectivity index (χ3v) is 5.47. The molecule has 0 saturated heterocycles. The molecule has 2 aromatic carbocycles. The number of esters is 1. The summed E-state index contributed by atoms with van der Waals surface area (Å²) in [5, 5.41) is 2.93. The number of aliphatic imine (C=N–C) groups is 1. The summed E-state index contributed by atoms with van der Waals surface area (Å²) >= 11 is 0. The Morgan fingerprint density at radius 2 is 1.84 bits per heavy atom. The summed E-state index contributed by atoms with van der Waals surface area (Å²) < 4.78 is 11.4. The van der Waals surface area contributed by atoms with Crippen molar-refractivity contribution >= 4 is 28.9 Å². The zero-order valence-corrected chi connectivity index (χ0v) is 18.0. The molecule has 4 rings (SSSR count). The minimum absolute atomic E-state index is 0.0975. The zero-order chi connectivity index (χ0) is 22.0. The highest BCUT2D eigenvalue weighted by Gasteiger charge is 2.38. The van der Waals surface area contributed by atoms with E-state index in [-0.39, 0.29) is 17.4 Å². The Balaban J connectivity index is 1.65. The van der Waals surface area contributed by atoms with E-state index in [0.29, 0.717) is 47.9 Å². The summed E-state index contributed by atoms with van der Waals surface area (Å²) in [4.78, 5) is 30.1. The van der Waals surface area contributed by atoms with Gasteiger partial charge in [0.15, 0.2) is 0 Å². The molecule has 6 nitrogen and oxygen atoms in total. The van der Waals surface area contributed by atoms with Crippen molar-refractivity contribution in [3.63, 3.8) is 0 Å². The molecule has 160 valence electrons. The summed E-state index contributed by atoms with van der Waals surface area (Å²) in [6.45, 7) is 4.98. The van der Waals surface area contributed by atoms with Gasteiger partial charge in [0.2, 0.25) is 5.78 Å². The number of carbonyl (C=O) groups excluding carboxylic acids is 2. The summed E-state index contributed by atoms with van der Waals surface area (Å²) in [7, 11) is 1.80. The number of ketones is 1. The average molecular weight is 418 g/mol. The predicted octanol–water partition coefficient (Wildman–Crippen LogP) is 4.07. The second kappa shape index (κ2) is 8.47. The van der Waals surface area contributed by atoms with Crippen LogP contribution in [-0.2, 0) is 14.3 Å². The van der Waals surface area contributed by atoms with Gasteiger partial charge in [-0.2, -0.15) is 0 Å². The number of hydrogen-bond donors (Lipinski definition) is 1. The van der Waals surface area contributed by atoms with E-state index in [9.17, 15) is 9.59 Å². The van der Waals surface area contributed by atoms with E-state index in [1.165, 1.54) is 0 Å². The lowest BCUT2D eigenvalue weighted by atomic mass is 9.82. The molecule has 0 saturated carbocycles. The molecule has 6 heteroatoms. The third kappa shape index (κ3) is 4.30. The Bertz CT molecular complexity index is 1080. The van der Waals surface area contributed by atoms with Gasteiger partial charge < -0.3 is 14.8 Å². The van der Waals surface area contributed by atoms with Crippen LogP contribution in [0.25, 0.3) is 5.76 Å². The van der Waals surface area contributed by atoms with E-state index in [2.05, 4.69) is 10.3 Å². The normalized spacial score (nSPS) is 18.3. The molecule has 0 amide bonds. The maximum atomic E-state index is 13.3. The SMILES string of the molecule is CNCCOC(=O)c1ccc(/N=C2\C(=O)C3=C(OC(C)(C)CC3)c3ccccc32)cc1. The number of Topliss-reactive ketones (excluding diaryl/α,β-unsaturated/α-hetero) is 1. The van der Waals surface area contributed by atoms with E-state index >= 15 is 0 Å². The van der Waals surface area contributed by atoms with Crippen molar-refractivity contribution in [1.82, 2.24) is 5.32 Å². The second-order valence-electron chi connectivity index (χ2n) is 8.29.